The second-order valence-electron chi connectivity index (χ2n) is 7.33. The van der Waals surface area contributed by atoms with Crippen LogP contribution in [-0.2, 0) is 10.2 Å². The third kappa shape index (κ3) is 3.09. The minimum absolute atomic E-state index is 0.0559. The molecule has 28 heavy (non-hydrogen) atoms. The molecule has 1 saturated carbocycles. The fourth-order valence-corrected chi connectivity index (χ4v) is 3.96. The van der Waals surface area contributed by atoms with E-state index in [4.69, 9.17) is 23.2 Å². The smallest absolute Gasteiger partial charge is 0.262 e. The summed E-state index contributed by atoms with van der Waals surface area (Å²) in [6.45, 7) is 2.02. The van der Waals surface area contributed by atoms with Gasteiger partial charge in [0.2, 0.25) is 5.91 Å². The Bertz CT molecular complexity index is 946. The summed E-state index contributed by atoms with van der Waals surface area (Å²) >= 11 is 11.9. The van der Waals surface area contributed by atoms with Crippen molar-refractivity contribution in [3.63, 3.8) is 0 Å². The molecule has 5 nitrogen and oxygen atoms in total. The maximum atomic E-state index is 12.7. The summed E-state index contributed by atoms with van der Waals surface area (Å²) in [6.07, 6.45) is 1.99. The van der Waals surface area contributed by atoms with E-state index in [9.17, 15) is 14.4 Å². The number of carbonyl (C=O) groups is 3. The van der Waals surface area contributed by atoms with Gasteiger partial charge < -0.3 is 5.32 Å². The van der Waals surface area contributed by atoms with Crippen molar-refractivity contribution in [1.29, 1.82) is 0 Å². The molecule has 2 aromatic carbocycles. The molecule has 1 atom stereocenters. The Balaban J connectivity index is 1.48. The number of carbonyl (C=O) groups excluding carboxylic acids is 3. The van der Waals surface area contributed by atoms with Crippen molar-refractivity contribution >= 4 is 40.9 Å². The number of rotatable bonds is 5. The first-order chi connectivity index (χ1) is 13.3. The van der Waals surface area contributed by atoms with Gasteiger partial charge in [0.15, 0.2) is 0 Å². The minimum atomic E-state index is -0.934. The molecule has 1 fully saturated rings. The Hall–Kier alpha value is -2.37. The van der Waals surface area contributed by atoms with Gasteiger partial charge in [-0.3, -0.25) is 19.3 Å². The zero-order valence-corrected chi connectivity index (χ0v) is 16.7. The van der Waals surface area contributed by atoms with Crippen molar-refractivity contribution in [2.45, 2.75) is 31.2 Å². The van der Waals surface area contributed by atoms with Crippen LogP contribution in [0, 0.1) is 0 Å². The average molecular weight is 417 g/mol. The highest BCUT2D eigenvalue weighted by molar-refractivity contribution is 6.43. The van der Waals surface area contributed by atoms with Crippen molar-refractivity contribution < 1.29 is 14.4 Å². The maximum Gasteiger partial charge on any atom is 0.262 e. The predicted octanol–water partition coefficient (Wildman–Crippen LogP) is 3.83. The molecule has 0 radical (unpaired) electrons. The lowest BCUT2D eigenvalue weighted by molar-refractivity contribution is -0.124. The third-order valence-electron chi connectivity index (χ3n) is 5.57. The number of nitrogens with one attached hydrogen (secondary N) is 1. The summed E-state index contributed by atoms with van der Waals surface area (Å²) in [4.78, 5) is 39.0. The SMILES string of the molecule is CC(C(=O)NCC1(c2ccccc2)CC1)N1C(=O)c2cc(Cl)c(Cl)cc2C1=O. The molecule has 0 bridgehead atoms. The lowest BCUT2D eigenvalue weighted by Gasteiger charge is -2.23. The van der Waals surface area contributed by atoms with Gasteiger partial charge in [-0.1, -0.05) is 53.5 Å². The number of amides is 3. The van der Waals surface area contributed by atoms with Gasteiger partial charge in [0, 0.05) is 12.0 Å². The summed E-state index contributed by atoms with van der Waals surface area (Å²) < 4.78 is 0. The summed E-state index contributed by atoms with van der Waals surface area (Å²) in [6, 6.07) is 11.8. The van der Waals surface area contributed by atoms with Crippen molar-refractivity contribution in [1.82, 2.24) is 10.2 Å². The molecule has 144 valence electrons. The van der Waals surface area contributed by atoms with E-state index in [-0.39, 0.29) is 32.5 Å². The van der Waals surface area contributed by atoms with Crippen LogP contribution in [0.25, 0.3) is 0 Å². The van der Waals surface area contributed by atoms with Crippen molar-refractivity contribution in [3.05, 3.63) is 69.2 Å². The number of halogens is 2. The third-order valence-corrected chi connectivity index (χ3v) is 6.29. The summed E-state index contributed by atoms with van der Waals surface area (Å²) in [7, 11) is 0. The molecule has 2 aliphatic rings. The molecule has 1 aliphatic heterocycles. The van der Waals surface area contributed by atoms with Gasteiger partial charge in [0.05, 0.1) is 21.2 Å². The number of imide groups is 1. The molecular formula is C21H18Cl2N2O3. The highest BCUT2D eigenvalue weighted by Gasteiger charge is 2.46. The van der Waals surface area contributed by atoms with Crippen molar-refractivity contribution in [2.75, 3.05) is 6.54 Å². The zero-order valence-electron chi connectivity index (χ0n) is 15.2. The van der Waals surface area contributed by atoms with Crippen LogP contribution >= 0.6 is 23.2 Å². The number of hydrogen-bond acceptors (Lipinski definition) is 3. The largest absolute Gasteiger partial charge is 0.353 e. The standard InChI is InChI=1S/C21H18Cl2N2O3/c1-12(18(26)24-11-21(7-8-21)13-5-3-2-4-6-13)25-19(27)14-9-16(22)17(23)10-15(14)20(25)28/h2-6,9-10,12H,7-8,11H2,1H3,(H,24,26). The molecule has 3 amide bonds. The quantitative estimate of drug-likeness (QED) is 0.753. The van der Waals surface area contributed by atoms with Crippen LogP contribution in [0.3, 0.4) is 0 Å². The lowest BCUT2D eigenvalue weighted by atomic mass is 9.96. The van der Waals surface area contributed by atoms with Gasteiger partial charge in [-0.2, -0.15) is 0 Å². The van der Waals surface area contributed by atoms with Crippen LogP contribution < -0.4 is 5.32 Å². The van der Waals surface area contributed by atoms with Crippen molar-refractivity contribution in [3.8, 4) is 0 Å². The van der Waals surface area contributed by atoms with Crippen LogP contribution in [-0.4, -0.2) is 35.2 Å². The van der Waals surface area contributed by atoms with Crippen LogP contribution in [0.1, 0.15) is 46.0 Å². The Kier molecular flexibility index (Phi) is 4.68. The van der Waals surface area contributed by atoms with E-state index < -0.39 is 17.9 Å². The Morgan fingerprint density at radius 1 is 1.07 bits per heavy atom. The first-order valence-corrected chi connectivity index (χ1v) is 9.80. The minimum Gasteiger partial charge on any atom is -0.353 e. The normalized spacial score (nSPS) is 18.0. The summed E-state index contributed by atoms with van der Waals surface area (Å²) in [5.41, 5.74) is 1.47. The molecule has 2 aromatic rings. The second-order valence-corrected chi connectivity index (χ2v) is 8.15. The molecule has 7 heteroatoms. The van der Waals surface area contributed by atoms with Crippen LogP contribution in [0.4, 0.5) is 0 Å². The first kappa shape index (κ1) is 19.0. The lowest BCUT2D eigenvalue weighted by Crippen LogP contribution is -2.49. The van der Waals surface area contributed by atoms with Gasteiger partial charge >= 0.3 is 0 Å². The topological polar surface area (TPSA) is 66.5 Å². The number of hydrogen-bond donors (Lipinski definition) is 1. The van der Waals surface area contributed by atoms with E-state index in [0.717, 1.165) is 17.7 Å². The highest BCUT2D eigenvalue weighted by atomic mass is 35.5. The highest BCUT2D eigenvalue weighted by Crippen LogP contribution is 2.47. The monoisotopic (exact) mass is 416 g/mol. The van der Waals surface area contributed by atoms with Gasteiger partial charge in [0.1, 0.15) is 6.04 Å². The van der Waals surface area contributed by atoms with E-state index in [1.54, 1.807) is 6.92 Å². The van der Waals surface area contributed by atoms with E-state index >= 15 is 0 Å². The Morgan fingerprint density at radius 3 is 2.11 bits per heavy atom. The molecule has 0 aromatic heterocycles. The van der Waals surface area contributed by atoms with Crippen LogP contribution in [0.5, 0.6) is 0 Å². The molecule has 1 aliphatic carbocycles. The fourth-order valence-electron chi connectivity index (χ4n) is 3.64. The van der Waals surface area contributed by atoms with Gasteiger partial charge in [-0.25, -0.2) is 0 Å². The number of benzene rings is 2. The fraction of sp³-hybridized carbons (Fsp3) is 0.286. The molecule has 1 unspecified atom stereocenters. The number of nitrogens with zero attached hydrogens (tertiary/aromatic N) is 1. The van der Waals surface area contributed by atoms with Gasteiger partial charge in [-0.05, 0) is 37.5 Å². The van der Waals surface area contributed by atoms with E-state index in [1.807, 2.05) is 18.2 Å². The van der Waals surface area contributed by atoms with Crippen molar-refractivity contribution in [2.24, 2.45) is 0 Å². The van der Waals surface area contributed by atoms with E-state index in [0.29, 0.717) is 6.54 Å². The van der Waals surface area contributed by atoms with Gasteiger partial charge in [0.25, 0.3) is 11.8 Å². The van der Waals surface area contributed by atoms with Gasteiger partial charge in [-0.15, -0.1) is 0 Å². The van der Waals surface area contributed by atoms with E-state index in [1.165, 1.54) is 17.7 Å². The first-order valence-electron chi connectivity index (χ1n) is 9.04. The summed E-state index contributed by atoms with van der Waals surface area (Å²) in [5, 5.41) is 3.30. The van der Waals surface area contributed by atoms with E-state index in [2.05, 4.69) is 17.4 Å². The molecule has 1 N–H and O–H groups in total. The molecule has 0 spiro atoms. The maximum absolute atomic E-state index is 12.7. The molecular weight excluding hydrogens is 399 g/mol. The van der Waals surface area contributed by atoms with Crippen LogP contribution in [0.15, 0.2) is 42.5 Å². The Labute approximate surface area is 172 Å². The number of fused-ring (bicyclic) bond motifs is 1. The second kappa shape index (κ2) is 6.90. The predicted molar refractivity (Wildman–Crippen MR) is 107 cm³/mol. The average Bonchev–Trinajstić information content (AvgIpc) is 3.45. The Morgan fingerprint density at radius 2 is 1.61 bits per heavy atom. The zero-order chi connectivity index (χ0) is 20.1. The van der Waals surface area contributed by atoms with Crippen LogP contribution in [0.2, 0.25) is 10.0 Å². The molecule has 4 rings (SSSR count). The molecule has 0 saturated heterocycles. The summed E-state index contributed by atoms with van der Waals surface area (Å²) in [5.74, 6) is -1.44. The molecule has 1 heterocycles.